The highest BCUT2D eigenvalue weighted by atomic mass is 35.5. The third-order valence-corrected chi connectivity index (χ3v) is 4.51. The zero-order valence-corrected chi connectivity index (χ0v) is 15.8. The smallest absolute Gasteiger partial charge is 0.256 e. The van der Waals surface area contributed by atoms with Gasteiger partial charge in [0.15, 0.2) is 0 Å². The standard InChI is InChI=1S/C19H21ClFN3O4/c20-14-4-3-12(10-15(14)21)17-16(11-22-7-9-27-17)28-19-13(2-1-5-24-19)18(26)23-6-8-25/h1-5,10,16-17,22,25H,6-9,11H2,(H,23,26)/t16-,17+/m1/s1. The second kappa shape index (κ2) is 9.79. The highest BCUT2D eigenvalue weighted by Crippen LogP contribution is 2.29. The van der Waals surface area contributed by atoms with Crippen molar-refractivity contribution in [2.45, 2.75) is 12.2 Å². The molecule has 7 nitrogen and oxygen atoms in total. The number of rotatable bonds is 6. The summed E-state index contributed by atoms with van der Waals surface area (Å²) in [5.74, 6) is -0.816. The molecule has 0 unspecified atom stereocenters. The summed E-state index contributed by atoms with van der Waals surface area (Å²) < 4.78 is 25.9. The Morgan fingerprint density at radius 1 is 1.46 bits per heavy atom. The molecule has 1 aliphatic rings. The van der Waals surface area contributed by atoms with Gasteiger partial charge in [0.2, 0.25) is 5.88 Å². The molecule has 3 N–H and O–H groups in total. The number of hydrogen-bond acceptors (Lipinski definition) is 6. The van der Waals surface area contributed by atoms with Crippen molar-refractivity contribution >= 4 is 17.5 Å². The van der Waals surface area contributed by atoms with Crippen molar-refractivity contribution in [1.29, 1.82) is 0 Å². The molecule has 1 saturated heterocycles. The summed E-state index contributed by atoms with van der Waals surface area (Å²) in [7, 11) is 0. The van der Waals surface area contributed by atoms with Crippen LogP contribution in [-0.2, 0) is 4.74 Å². The minimum absolute atomic E-state index is 0.0283. The zero-order chi connectivity index (χ0) is 19.9. The Morgan fingerprint density at radius 3 is 3.11 bits per heavy atom. The van der Waals surface area contributed by atoms with Crippen molar-refractivity contribution in [3.63, 3.8) is 0 Å². The van der Waals surface area contributed by atoms with E-state index in [9.17, 15) is 9.18 Å². The number of ether oxygens (including phenoxy) is 2. The number of aromatic nitrogens is 1. The van der Waals surface area contributed by atoms with E-state index >= 15 is 0 Å². The molecule has 28 heavy (non-hydrogen) atoms. The summed E-state index contributed by atoms with van der Waals surface area (Å²) in [6, 6.07) is 7.68. The summed E-state index contributed by atoms with van der Waals surface area (Å²) in [5, 5.41) is 14.7. The van der Waals surface area contributed by atoms with Gasteiger partial charge in [-0.2, -0.15) is 0 Å². The van der Waals surface area contributed by atoms with Gasteiger partial charge in [0, 0.05) is 25.8 Å². The average Bonchev–Trinajstić information content (AvgIpc) is 2.94. The number of aliphatic hydroxyl groups is 1. The lowest BCUT2D eigenvalue weighted by molar-refractivity contribution is -0.0105. The van der Waals surface area contributed by atoms with Gasteiger partial charge in [-0.3, -0.25) is 4.79 Å². The van der Waals surface area contributed by atoms with Crippen LogP contribution in [0, 0.1) is 5.82 Å². The fraction of sp³-hybridized carbons (Fsp3) is 0.368. The van der Waals surface area contributed by atoms with E-state index in [0.717, 1.165) is 0 Å². The predicted octanol–water partition coefficient (Wildman–Crippen LogP) is 1.70. The number of carbonyl (C=O) groups is 1. The molecule has 0 aliphatic carbocycles. The van der Waals surface area contributed by atoms with Crippen molar-refractivity contribution in [2.24, 2.45) is 0 Å². The molecule has 1 aromatic carbocycles. The van der Waals surface area contributed by atoms with Crippen LogP contribution in [0.5, 0.6) is 5.88 Å². The normalized spacial score (nSPS) is 19.7. The maximum absolute atomic E-state index is 13.9. The molecule has 1 amide bonds. The first kappa shape index (κ1) is 20.5. The molecule has 1 aliphatic heterocycles. The van der Waals surface area contributed by atoms with Gasteiger partial charge < -0.3 is 25.2 Å². The van der Waals surface area contributed by atoms with E-state index in [1.54, 1.807) is 18.2 Å². The second-order valence-corrected chi connectivity index (χ2v) is 6.57. The number of nitrogens with zero attached hydrogens (tertiary/aromatic N) is 1. The quantitative estimate of drug-likeness (QED) is 0.672. The van der Waals surface area contributed by atoms with E-state index in [1.807, 2.05) is 0 Å². The van der Waals surface area contributed by atoms with Crippen LogP contribution in [0.3, 0.4) is 0 Å². The predicted molar refractivity (Wildman–Crippen MR) is 101 cm³/mol. The largest absolute Gasteiger partial charge is 0.469 e. The van der Waals surface area contributed by atoms with Crippen LogP contribution in [0.15, 0.2) is 36.5 Å². The molecule has 0 bridgehead atoms. The van der Waals surface area contributed by atoms with Crippen LogP contribution >= 0.6 is 11.6 Å². The number of amides is 1. The lowest BCUT2D eigenvalue weighted by Crippen LogP contribution is -2.35. The van der Waals surface area contributed by atoms with Crippen LogP contribution < -0.4 is 15.4 Å². The molecule has 1 aromatic heterocycles. The Balaban J connectivity index is 1.86. The number of nitrogens with one attached hydrogen (secondary N) is 2. The summed E-state index contributed by atoms with van der Waals surface area (Å²) in [4.78, 5) is 16.5. The van der Waals surface area contributed by atoms with Gasteiger partial charge in [-0.25, -0.2) is 9.37 Å². The maximum Gasteiger partial charge on any atom is 0.256 e. The third kappa shape index (κ3) is 4.96. The van der Waals surface area contributed by atoms with Crippen molar-refractivity contribution in [3.8, 4) is 5.88 Å². The van der Waals surface area contributed by atoms with E-state index < -0.39 is 23.9 Å². The molecule has 0 spiro atoms. The minimum Gasteiger partial charge on any atom is -0.469 e. The van der Waals surface area contributed by atoms with E-state index in [2.05, 4.69) is 15.6 Å². The van der Waals surface area contributed by atoms with Crippen molar-refractivity contribution < 1.29 is 23.8 Å². The molecular formula is C19H21ClFN3O4. The van der Waals surface area contributed by atoms with E-state index in [4.69, 9.17) is 26.2 Å². The van der Waals surface area contributed by atoms with Gasteiger partial charge in [-0.05, 0) is 29.8 Å². The van der Waals surface area contributed by atoms with Crippen LogP contribution in [0.4, 0.5) is 4.39 Å². The van der Waals surface area contributed by atoms with Gasteiger partial charge in [0.1, 0.15) is 23.6 Å². The summed E-state index contributed by atoms with van der Waals surface area (Å²) in [6.45, 7) is 1.39. The third-order valence-electron chi connectivity index (χ3n) is 4.21. The number of carbonyl (C=O) groups excluding carboxylic acids is 1. The molecule has 1 fully saturated rings. The maximum atomic E-state index is 13.9. The van der Waals surface area contributed by atoms with E-state index in [1.165, 1.54) is 18.3 Å². The monoisotopic (exact) mass is 409 g/mol. The van der Waals surface area contributed by atoms with E-state index in [0.29, 0.717) is 25.3 Å². The molecular weight excluding hydrogens is 389 g/mol. The highest BCUT2D eigenvalue weighted by Gasteiger charge is 2.30. The number of hydrogen-bond donors (Lipinski definition) is 3. The van der Waals surface area contributed by atoms with Crippen molar-refractivity contribution in [1.82, 2.24) is 15.6 Å². The van der Waals surface area contributed by atoms with Gasteiger partial charge in [0.05, 0.1) is 18.2 Å². The molecule has 2 atom stereocenters. The Kier molecular flexibility index (Phi) is 7.16. The first-order valence-electron chi connectivity index (χ1n) is 8.88. The van der Waals surface area contributed by atoms with Gasteiger partial charge in [-0.1, -0.05) is 17.7 Å². The Morgan fingerprint density at radius 2 is 2.32 bits per heavy atom. The second-order valence-electron chi connectivity index (χ2n) is 6.16. The van der Waals surface area contributed by atoms with E-state index in [-0.39, 0.29) is 29.6 Å². The Hall–Kier alpha value is -2.26. The number of benzene rings is 1. The van der Waals surface area contributed by atoms with Gasteiger partial charge in [-0.15, -0.1) is 0 Å². The molecule has 2 heterocycles. The number of halogens is 2. The summed E-state index contributed by atoms with van der Waals surface area (Å²) >= 11 is 5.78. The molecule has 9 heteroatoms. The first-order valence-corrected chi connectivity index (χ1v) is 9.26. The van der Waals surface area contributed by atoms with Crippen molar-refractivity contribution in [2.75, 3.05) is 32.8 Å². The fourth-order valence-corrected chi connectivity index (χ4v) is 3.00. The van der Waals surface area contributed by atoms with Crippen LogP contribution in [-0.4, -0.2) is 54.9 Å². The minimum atomic E-state index is -0.572. The van der Waals surface area contributed by atoms with Crippen LogP contribution in [0.2, 0.25) is 5.02 Å². The number of pyridine rings is 1. The molecule has 3 rings (SSSR count). The van der Waals surface area contributed by atoms with Gasteiger partial charge in [0.25, 0.3) is 5.91 Å². The van der Waals surface area contributed by atoms with Crippen LogP contribution in [0.25, 0.3) is 0 Å². The molecule has 0 radical (unpaired) electrons. The summed E-state index contributed by atoms with van der Waals surface area (Å²) in [5.41, 5.74) is 0.819. The van der Waals surface area contributed by atoms with Crippen LogP contribution in [0.1, 0.15) is 22.0 Å². The Labute approximate surface area is 166 Å². The lowest BCUT2D eigenvalue weighted by atomic mass is 10.0. The zero-order valence-electron chi connectivity index (χ0n) is 15.0. The van der Waals surface area contributed by atoms with Gasteiger partial charge >= 0.3 is 0 Å². The summed E-state index contributed by atoms with van der Waals surface area (Å²) in [6.07, 6.45) is 0.389. The topological polar surface area (TPSA) is 92.7 Å². The van der Waals surface area contributed by atoms with Crippen molar-refractivity contribution in [3.05, 3.63) is 58.5 Å². The Bertz CT molecular complexity index is 824. The molecule has 0 saturated carbocycles. The number of aliphatic hydroxyl groups excluding tert-OH is 1. The molecule has 2 aromatic rings. The lowest BCUT2D eigenvalue weighted by Gasteiger charge is -2.26. The SMILES string of the molecule is O=C(NCCO)c1cccnc1O[C@@H]1CNCCO[C@H]1c1ccc(Cl)c(F)c1. The average molecular weight is 410 g/mol. The fourth-order valence-electron chi connectivity index (χ4n) is 2.89. The molecule has 150 valence electrons. The highest BCUT2D eigenvalue weighted by molar-refractivity contribution is 6.30. The first-order chi connectivity index (χ1) is 13.6.